The highest BCUT2D eigenvalue weighted by Gasteiger charge is 2.24. The average molecular weight is 449 g/mol. The molecule has 0 aliphatic carbocycles. The van der Waals surface area contributed by atoms with Gasteiger partial charge in [0.05, 0.1) is 12.1 Å². The summed E-state index contributed by atoms with van der Waals surface area (Å²) < 4.78 is 5.33. The zero-order chi connectivity index (χ0) is 24.4. The van der Waals surface area contributed by atoms with E-state index in [1.807, 2.05) is 79.7 Å². The van der Waals surface area contributed by atoms with Crippen molar-refractivity contribution in [3.05, 3.63) is 29.8 Å². The van der Waals surface area contributed by atoms with Gasteiger partial charge in [-0.15, -0.1) is 0 Å². The molecule has 0 atom stereocenters. The average Bonchev–Trinajstić information content (AvgIpc) is 2.62. The van der Waals surface area contributed by atoms with Crippen molar-refractivity contribution >= 4 is 23.8 Å². The summed E-state index contributed by atoms with van der Waals surface area (Å²) in [5.74, 6) is 0.644. The molecule has 0 unspecified atom stereocenters. The third-order valence-electron chi connectivity index (χ3n) is 3.93. The number of anilines is 1. The van der Waals surface area contributed by atoms with E-state index in [2.05, 4.69) is 31.6 Å². The van der Waals surface area contributed by atoms with Gasteiger partial charge in [-0.05, 0) is 73.1 Å². The maximum Gasteiger partial charge on any atom is 0.408 e. The number of urea groups is 1. The van der Waals surface area contributed by atoms with Crippen LogP contribution in [-0.4, -0.2) is 48.4 Å². The fourth-order valence-corrected chi connectivity index (χ4v) is 2.56. The monoisotopic (exact) mass is 448 g/mol. The van der Waals surface area contributed by atoms with Crippen LogP contribution < -0.4 is 26.6 Å². The molecular formula is C23H40N6O3. The Morgan fingerprint density at radius 1 is 1.03 bits per heavy atom. The number of guanidine groups is 1. The largest absolute Gasteiger partial charge is 0.444 e. The number of nitrogens with zero attached hydrogens (tertiary/aromatic N) is 1. The summed E-state index contributed by atoms with van der Waals surface area (Å²) in [5.41, 5.74) is 0.634. The molecular weight excluding hydrogens is 408 g/mol. The third kappa shape index (κ3) is 12.0. The first-order valence-corrected chi connectivity index (χ1v) is 11.0. The standard InChI is InChI=1S/C23H40N6O3/c1-9-24-19(26-15-23(7,8)29-21(31)32-22(4,5)6)25-14-17-10-12-18(13-11-17)28-20(30)27-16(2)3/h10-13,16H,9,14-15H2,1-8H3,(H,29,31)(H2,24,25,26)(H2,27,28,30). The molecule has 0 aromatic heterocycles. The van der Waals surface area contributed by atoms with Crippen LogP contribution in [0.4, 0.5) is 15.3 Å². The Morgan fingerprint density at radius 3 is 2.19 bits per heavy atom. The molecule has 0 spiro atoms. The quantitative estimate of drug-likeness (QED) is 0.308. The maximum atomic E-state index is 12.1. The number of alkyl carbamates (subject to hydrolysis) is 1. The van der Waals surface area contributed by atoms with Crippen molar-refractivity contribution in [3.8, 4) is 0 Å². The zero-order valence-electron chi connectivity index (χ0n) is 20.7. The molecule has 180 valence electrons. The lowest BCUT2D eigenvalue weighted by Crippen LogP contribution is -2.54. The molecule has 9 heteroatoms. The van der Waals surface area contributed by atoms with Gasteiger partial charge >= 0.3 is 12.1 Å². The van der Waals surface area contributed by atoms with E-state index in [0.29, 0.717) is 25.6 Å². The molecule has 32 heavy (non-hydrogen) atoms. The fraction of sp³-hybridized carbons (Fsp3) is 0.609. The number of benzene rings is 1. The lowest BCUT2D eigenvalue weighted by molar-refractivity contribution is 0.0474. The molecule has 3 amide bonds. The molecule has 1 rings (SSSR count). The lowest BCUT2D eigenvalue weighted by Gasteiger charge is -2.29. The Kier molecular flexibility index (Phi) is 10.3. The van der Waals surface area contributed by atoms with Crippen LogP contribution in [0.3, 0.4) is 0 Å². The summed E-state index contributed by atoms with van der Waals surface area (Å²) in [4.78, 5) is 28.5. The van der Waals surface area contributed by atoms with Crippen LogP contribution in [0.25, 0.3) is 0 Å². The first-order chi connectivity index (χ1) is 14.8. The van der Waals surface area contributed by atoms with Crippen molar-refractivity contribution in [2.24, 2.45) is 4.99 Å². The minimum absolute atomic E-state index is 0.0740. The second-order valence-corrected chi connectivity index (χ2v) is 9.51. The second kappa shape index (κ2) is 12.2. The molecule has 9 nitrogen and oxygen atoms in total. The fourth-order valence-electron chi connectivity index (χ4n) is 2.56. The molecule has 0 saturated carbocycles. The Labute approximate surface area is 192 Å². The maximum absolute atomic E-state index is 12.1. The third-order valence-corrected chi connectivity index (χ3v) is 3.93. The van der Waals surface area contributed by atoms with Crippen LogP contribution in [-0.2, 0) is 11.3 Å². The van der Waals surface area contributed by atoms with E-state index in [1.54, 1.807) is 0 Å². The Morgan fingerprint density at radius 2 is 1.66 bits per heavy atom. The van der Waals surface area contributed by atoms with Crippen LogP contribution >= 0.6 is 0 Å². The normalized spacial score (nSPS) is 12.2. The smallest absolute Gasteiger partial charge is 0.408 e. The van der Waals surface area contributed by atoms with Crippen molar-refractivity contribution in [2.45, 2.75) is 79.1 Å². The number of rotatable bonds is 8. The summed E-state index contributed by atoms with van der Waals surface area (Å²) in [6, 6.07) is 7.38. The molecule has 0 aliphatic heterocycles. The summed E-state index contributed by atoms with van der Waals surface area (Å²) in [6.45, 7) is 16.8. The van der Waals surface area contributed by atoms with E-state index in [4.69, 9.17) is 4.74 Å². The van der Waals surface area contributed by atoms with Crippen LogP contribution in [0, 0.1) is 0 Å². The van der Waals surface area contributed by atoms with Gasteiger partial charge in [-0.2, -0.15) is 0 Å². The predicted molar refractivity (Wildman–Crippen MR) is 130 cm³/mol. The highest BCUT2D eigenvalue weighted by atomic mass is 16.6. The summed E-state index contributed by atoms with van der Waals surface area (Å²) in [6.07, 6.45) is -0.456. The summed E-state index contributed by atoms with van der Waals surface area (Å²) in [7, 11) is 0. The molecule has 0 bridgehead atoms. The number of amides is 3. The van der Waals surface area contributed by atoms with Gasteiger partial charge in [0.2, 0.25) is 0 Å². The Bertz CT molecular complexity index is 767. The van der Waals surface area contributed by atoms with Crippen LogP contribution in [0.1, 0.15) is 61.0 Å². The van der Waals surface area contributed by atoms with Gasteiger partial charge in [0.25, 0.3) is 0 Å². The Balaban J connectivity index is 2.64. The van der Waals surface area contributed by atoms with E-state index >= 15 is 0 Å². The van der Waals surface area contributed by atoms with E-state index < -0.39 is 17.2 Å². The first kappa shape index (κ1) is 27.1. The van der Waals surface area contributed by atoms with Crippen molar-refractivity contribution < 1.29 is 14.3 Å². The highest BCUT2D eigenvalue weighted by Crippen LogP contribution is 2.11. The van der Waals surface area contributed by atoms with E-state index in [0.717, 1.165) is 11.3 Å². The van der Waals surface area contributed by atoms with E-state index in [1.165, 1.54) is 0 Å². The number of hydrogen-bond acceptors (Lipinski definition) is 4. The minimum Gasteiger partial charge on any atom is -0.444 e. The molecule has 0 saturated heterocycles. The summed E-state index contributed by atoms with van der Waals surface area (Å²) >= 11 is 0. The van der Waals surface area contributed by atoms with Crippen molar-refractivity contribution in [2.75, 3.05) is 18.4 Å². The molecule has 0 radical (unpaired) electrons. The number of nitrogens with one attached hydrogen (secondary N) is 5. The van der Waals surface area contributed by atoms with Gasteiger partial charge in [0.1, 0.15) is 5.60 Å². The predicted octanol–water partition coefficient (Wildman–Crippen LogP) is 3.57. The van der Waals surface area contributed by atoms with Crippen LogP contribution in [0.2, 0.25) is 0 Å². The van der Waals surface area contributed by atoms with Gasteiger partial charge in [0, 0.05) is 24.8 Å². The zero-order valence-corrected chi connectivity index (χ0v) is 20.7. The number of aliphatic imine (C=N–C) groups is 1. The first-order valence-electron chi connectivity index (χ1n) is 11.0. The van der Waals surface area contributed by atoms with E-state index in [-0.39, 0.29) is 12.1 Å². The SMILES string of the molecule is CCNC(=NCc1ccc(NC(=O)NC(C)C)cc1)NCC(C)(C)NC(=O)OC(C)(C)C. The highest BCUT2D eigenvalue weighted by molar-refractivity contribution is 5.89. The number of carbonyl (C=O) groups is 2. The molecule has 1 aromatic carbocycles. The van der Waals surface area contributed by atoms with Gasteiger partial charge in [0.15, 0.2) is 5.96 Å². The van der Waals surface area contributed by atoms with Crippen molar-refractivity contribution in [1.82, 2.24) is 21.3 Å². The van der Waals surface area contributed by atoms with E-state index in [9.17, 15) is 9.59 Å². The van der Waals surface area contributed by atoms with Crippen molar-refractivity contribution in [1.29, 1.82) is 0 Å². The van der Waals surface area contributed by atoms with Gasteiger partial charge in [-0.25, -0.2) is 14.6 Å². The number of hydrogen-bond donors (Lipinski definition) is 5. The van der Waals surface area contributed by atoms with Crippen LogP contribution in [0.5, 0.6) is 0 Å². The van der Waals surface area contributed by atoms with Gasteiger partial charge in [-0.1, -0.05) is 12.1 Å². The molecule has 0 heterocycles. The topological polar surface area (TPSA) is 116 Å². The van der Waals surface area contributed by atoms with Gasteiger partial charge in [-0.3, -0.25) is 0 Å². The minimum atomic E-state index is -0.548. The lowest BCUT2D eigenvalue weighted by atomic mass is 10.1. The number of carbonyl (C=O) groups excluding carboxylic acids is 2. The number of ether oxygens (including phenoxy) is 1. The van der Waals surface area contributed by atoms with Crippen LogP contribution in [0.15, 0.2) is 29.3 Å². The molecule has 1 aromatic rings. The Hall–Kier alpha value is -2.97. The molecule has 5 N–H and O–H groups in total. The summed E-state index contributed by atoms with van der Waals surface area (Å²) in [5, 5.41) is 14.9. The van der Waals surface area contributed by atoms with Gasteiger partial charge < -0.3 is 31.3 Å². The molecule has 0 aliphatic rings. The molecule has 0 fully saturated rings. The second-order valence-electron chi connectivity index (χ2n) is 9.51. The van der Waals surface area contributed by atoms with Crippen molar-refractivity contribution in [3.63, 3.8) is 0 Å².